The zero-order chi connectivity index (χ0) is 36.3. The van der Waals surface area contributed by atoms with Gasteiger partial charge in [0.15, 0.2) is 17.5 Å². The van der Waals surface area contributed by atoms with Crippen LogP contribution in [0.2, 0.25) is 0 Å². The summed E-state index contributed by atoms with van der Waals surface area (Å²) in [5.74, 6) is 1.89. The average molecular weight is 723 g/mol. The van der Waals surface area contributed by atoms with E-state index in [1.165, 1.54) is 25.6 Å². The van der Waals surface area contributed by atoms with Gasteiger partial charge in [-0.15, -0.1) is 11.3 Å². The van der Waals surface area contributed by atoms with Crippen LogP contribution in [0.25, 0.3) is 87.0 Å². The Morgan fingerprint density at radius 3 is 1.69 bits per heavy atom. The number of fused-ring (bicyclic) bond motifs is 8. The number of benzene rings is 8. The summed E-state index contributed by atoms with van der Waals surface area (Å²) < 4.78 is 8.95. The molecular weight excluding hydrogens is 693 g/mol. The predicted octanol–water partition coefficient (Wildman–Crippen LogP) is 13.8. The van der Waals surface area contributed by atoms with E-state index in [0.717, 1.165) is 61.1 Å². The standard InChI is InChI=1S/C49H30N4OS/c1-4-14-31(15-5-1)47-50-48(32-16-6-2-7-17-32)52-49(51-47)33-24-26-39-40(28-33)42(30-41-38-21-11-13-23-45(38)55-46(39)41)53(34-18-8-3-9-19-34)35-25-27-37-36-20-10-12-22-43(36)54-44(37)29-35/h1-30H. The van der Waals surface area contributed by atoms with E-state index in [1.807, 2.05) is 84.1 Å². The molecule has 0 saturated heterocycles. The topological polar surface area (TPSA) is 55.1 Å². The van der Waals surface area contributed by atoms with Gasteiger partial charge in [0.05, 0.1) is 5.69 Å². The van der Waals surface area contributed by atoms with Gasteiger partial charge in [-0.1, -0.05) is 127 Å². The molecule has 3 heterocycles. The van der Waals surface area contributed by atoms with Crippen LogP contribution in [0, 0.1) is 0 Å². The summed E-state index contributed by atoms with van der Waals surface area (Å²) in [6.07, 6.45) is 0. The van der Waals surface area contributed by atoms with Gasteiger partial charge in [0.2, 0.25) is 0 Å². The first-order chi connectivity index (χ1) is 27.2. The lowest BCUT2D eigenvalue weighted by Gasteiger charge is -2.27. The molecule has 0 radical (unpaired) electrons. The molecule has 55 heavy (non-hydrogen) atoms. The zero-order valence-electron chi connectivity index (χ0n) is 29.4. The van der Waals surface area contributed by atoms with Crippen molar-refractivity contribution in [1.29, 1.82) is 0 Å². The lowest BCUT2D eigenvalue weighted by Crippen LogP contribution is -2.10. The molecular formula is C49H30N4OS. The third kappa shape index (κ3) is 5.34. The van der Waals surface area contributed by atoms with Crippen molar-refractivity contribution in [2.75, 3.05) is 4.90 Å². The molecule has 0 bridgehead atoms. The van der Waals surface area contributed by atoms with Gasteiger partial charge in [-0.2, -0.15) is 0 Å². The van der Waals surface area contributed by atoms with E-state index in [0.29, 0.717) is 17.5 Å². The Balaban J connectivity index is 1.19. The minimum absolute atomic E-state index is 0.618. The SMILES string of the molecule is c1ccc(-c2nc(-c3ccccc3)nc(-c3ccc4c(c3)c(N(c3ccccc3)c3ccc5c(c3)oc3ccccc35)cc3c5ccccc5sc43)n2)cc1. The molecule has 0 aliphatic carbocycles. The Kier molecular flexibility index (Phi) is 7.28. The van der Waals surface area contributed by atoms with E-state index in [1.54, 1.807) is 0 Å². The lowest BCUT2D eigenvalue weighted by atomic mass is 9.99. The van der Waals surface area contributed by atoms with Crippen molar-refractivity contribution in [2.45, 2.75) is 0 Å². The maximum absolute atomic E-state index is 6.44. The molecule has 0 aliphatic rings. The molecule has 0 amide bonds. The summed E-state index contributed by atoms with van der Waals surface area (Å²) in [5.41, 5.74) is 7.61. The number of hydrogen-bond acceptors (Lipinski definition) is 6. The van der Waals surface area contributed by atoms with Crippen molar-refractivity contribution in [2.24, 2.45) is 0 Å². The van der Waals surface area contributed by atoms with E-state index < -0.39 is 0 Å². The van der Waals surface area contributed by atoms with E-state index in [4.69, 9.17) is 19.4 Å². The maximum atomic E-state index is 6.44. The van der Waals surface area contributed by atoms with Gasteiger partial charge in [-0.05, 0) is 48.5 Å². The lowest BCUT2D eigenvalue weighted by molar-refractivity contribution is 0.669. The van der Waals surface area contributed by atoms with Crippen molar-refractivity contribution in [3.63, 3.8) is 0 Å². The molecule has 0 saturated carbocycles. The number of para-hydroxylation sites is 2. The smallest absolute Gasteiger partial charge is 0.164 e. The number of rotatable bonds is 6. The first kappa shape index (κ1) is 31.4. The van der Waals surface area contributed by atoms with Crippen molar-refractivity contribution in [1.82, 2.24) is 15.0 Å². The molecule has 0 unspecified atom stereocenters. The average Bonchev–Trinajstić information content (AvgIpc) is 3.83. The fourth-order valence-corrected chi connectivity index (χ4v) is 8.92. The molecule has 258 valence electrons. The zero-order valence-corrected chi connectivity index (χ0v) is 30.2. The second kappa shape index (κ2) is 12.8. The normalized spacial score (nSPS) is 11.6. The summed E-state index contributed by atoms with van der Waals surface area (Å²) in [5, 5.41) is 6.93. The fraction of sp³-hybridized carbons (Fsp3) is 0. The third-order valence-corrected chi connectivity index (χ3v) is 11.5. The quantitative estimate of drug-likeness (QED) is 0.171. The number of nitrogens with zero attached hydrogens (tertiary/aromatic N) is 4. The van der Waals surface area contributed by atoms with E-state index >= 15 is 0 Å². The van der Waals surface area contributed by atoms with Crippen LogP contribution in [-0.2, 0) is 0 Å². The number of thiophene rings is 1. The fourth-order valence-electron chi connectivity index (χ4n) is 7.70. The Labute approximate surface area is 320 Å². The summed E-state index contributed by atoms with van der Waals surface area (Å²) in [4.78, 5) is 17.5. The van der Waals surface area contributed by atoms with Gasteiger partial charge < -0.3 is 9.32 Å². The van der Waals surface area contributed by atoms with Crippen LogP contribution in [0.15, 0.2) is 186 Å². The molecule has 0 fully saturated rings. The highest BCUT2D eigenvalue weighted by molar-refractivity contribution is 7.26. The molecule has 0 N–H and O–H groups in total. The van der Waals surface area contributed by atoms with Crippen LogP contribution in [0.4, 0.5) is 17.1 Å². The summed E-state index contributed by atoms with van der Waals surface area (Å²) in [6.45, 7) is 0. The highest BCUT2D eigenvalue weighted by Crippen LogP contribution is 2.47. The van der Waals surface area contributed by atoms with Crippen molar-refractivity contribution in [3.8, 4) is 34.2 Å². The highest BCUT2D eigenvalue weighted by Gasteiger charge is 2.22. The Hall–Kier alpha value is -7.15. The summed E-state index contributed by atoms with van der Waals surface area (Å²) >= 11 is 1.83. The molecule has 0 aliphatic heterocycles. The van der Waals surface area contributed by atoms with Crippen molar-refractivity contribution < 1.29 is 4.42 Å². The largest absolute Gasteiger partial charge is 0.456 e. The van der Waals surface area contributed by atoms with E-state index in [2.05, 4.69) is 114 Å². The molecule has 3 aromatic heterocycles. The Bertz CT molecular complexity index is 3150. The van der Waals surface area contributed by atoms with Gasteiger partial charge in [0.1, 0.15) is 11.2 Å². The molecule has 8 aromatic carbocycles. The van der Waals surface area contributed by atoms with Crippen LogP contribution in [0.3, 0.4) is 0 Å². The summed E-state index contributed by atoms with van der Waals surface area (Å²) in [7, 11) is 0. The number of hydrogen-bond donors (Lipinski definition) is 0. The van der Waals surface area contributed by atoms with Crippen LogP contribution in [-0.4, -0.2) is 15.0 Å². The third-order valence-electron chi connectivity index (χ3n) is 10.3. The number of aromatic nitrogens is 3. The van der Waals surface area contributed by atoms with Gasteiger partial charge in [-0.3, -0.25) is 0 Å². The molecule has 11 rings (SSSR count). The van der Waals surface area contributed by atoms with Gasteiger partial charge in [-0.25, -0.2) is 15.0 Å². The minimum Gasteiger partial charge on any atom is -0.456 e. The van der Waals surface area contributed by atoms with Crippen molar-refractivity contribution in [3.05, 3.63) is 182 Å². The molecule has 5 nitrogen and oxygen atoms in total. The number of furan rings is 1. The number of anilines is 3. The first-order valence-corrected chi connectivity index (χ1v) is 19.1. The minimum atomic E-state index is 0.618. The van der Waals surface area contributed by atoms with Gasteiger partial charge in [0.25, 0.3) is 0 Å². The highest BCUT2D eigenvalue weighted by atomic mass is 32.1. The van der Waals surface area contributed by atoms with Crippen LogP contribution >= 0.6 is 11.3 Å². The molecule has 11 aromatic rings. The van der Waals surface area contributed by atoms with Crippen LogP contribution in [0.5, 0.6) is 0 Å². The van der Waals surface area contributed by atoms with E-state index in [-0.39, 0.29) is 0 Å². The molecule has 0 spiro atoms. The molecule has 6 heteroatoms. The Morgan fingerprint density at radius 2 is 0.964 bits per heavy atom. The predicted molar refractivity (Wildman–Crippen MR) is 228 cm³/mol. The maximum Gasteiger partial charge on any atom is 0.164 e. The van der Waals surface area contributed by atoms with Crippen LogP contribution in [0.1, 0.15) is 0 Å². The second-order valence-corrected chi connectivity index (χ2v) is 14.7. The Morgan fingerprint density at radius 1 is 0.382 bits per heavy atom. The van der Waals surface area contributed by atoms with Gasteiger partial charge >= 0.3 is 0 Å². The second-order valence-electron chi connectivity index (χ2n) is 13.6. The molecule has 0 atom stereocenters. The first-order valence-electron chi connectivity index (χ1n) is 18.3. The van der Waals surface area contributed by atoms with Crippen molar-refractivity contribution >= 4 is 81.3 Å². The summed E-state index contributed by atoms with van der Waals surface area (Å²) in [6, 6.07) is 63.3. The van der Waals surface area contributed by atoms with Gasteiger partial charge in [0, 0.05) is 75.8 Å². The van der Waals surface area contributed by atoms with Crippen LogP contribution < -0.4 is 4.90 Å². The monoisotopic (exact) mass is 722 g/mol. The van der Waals surface area contributed by atoms with E-state index in [9.17, 15) is 0 Å².